The molecule has 0 radical (unpaired) electrons. The summed E-state index contributed by atoms with van der Waals surface area (Å²) in [4.78, 5) is 9.26. The summed E-state index contributed by atoms with van der Waals surface area (Å²) < 4.78 is 0. The fourth-order valence-electron chi connectivity index (χ4n) is 0. The monoisotopic (exact) mass is 119 g/mol. The molecular weight excluding hydrogens is 106 g/mol. The zero-order valence-corrected chi connectivity index (χ0v) is 5.60. The molecule has 0 bridgehead atoms. The molecule has 0 amide bonds. The van der Waals surface area contributed by atoms with Gasteiger partial charge in [-0.2, -0.15) is 0 Å². The molecule has 0 rings (SSSR count). The van der Waals surface area contributed by atoms with E-state index in [2.05, 4.69) is 0 Å². The molecule has 0 heterocycles. The van der Waals surface area contributed by atoms with Crippen LogP contribution >= 0.6 is 0 Å². The third-order valence-electron chi connectivity index (χ3n) is 0.289. The van der Waals surface area contributed by atoms with Crippen LogP contribution in [-0.2, 0) is 4.79 Å². The molecule has 0 saturated heterocycles. The minimum atomic E-state index is -0.995. The highest BCUT2D eigenvalue weighted by molar-refractivity contribution is 5.63. The van der Waals surface area contributed by atoms with E-state index in [0.29, 0.717) is 0 Å². The quantitative estimate of drug-likeness (QED) is 0.432. The Morgan fingerprint density at radius 3 is 1.75 bits per heavy atom. The first-order valence-corrected chi connectivity index (χ1v) is 2.62. The fraction of sp³-hybridized carbons (Fsp3) is 0.800. The summed E-state index contributed by atoms with van der Waals surface area (Å²) in [6.45, 7) is 1.54. The average Bonchev–Trinajstić information content (AvgIpc) is 1.69. The lowest BCUT2D eigenvalue weighted by atomic mass is 10.5. The summed E-state index contributed by atoms with van der Waals surface area (Å²) in [6, 6.07) is 0. The summed E-state index contributed by atoms with van der Waals surface area (Å²) in [7, 11) is 4.00. The highest BCUT2D eigenvalue weighted by atomic mass is 16.4. The zero-order valence-electron chi connectivity index (χ0n) is 5.60. The van der Waals surface area contributed by atoms with Crippen LogP contribution in [0.4, 0.5) is 0 Å². The normalized spacial score (nSPS) is 6.88. The lowest BCUT2D eigenvalue weighted by Crippen LogP contribution is -2.74. The van der Waals surface area contributed by atoms with Crippen molar-refractivity contribution in [3.63, 3.8) is 0 Å². The summed E-state index contributed by atoms with van der Waals surface area (Å²) >= 11 is 0. The molecule has 0 unspecified atom stereocenters. The summed E-state index contributed by atoms with van der Waals surface area (Å²) in [5, 5.41) is 11.3. The first-order chi connectivity index (χ1) is 3.68. The SMILES string of the molecule is CCC(=O)[O-].C[NH2+]C. The van der Waals surface area contributed by atoms with Crippen molar-refractivity contribution in [3.05, 3.63) is 0 Å². The number of hydrogen-bond donors (Lipinski definition) is 1. The molecule has 0 aliphatic heterocycles. The molecule has 0 aromatic rings. The Morgan fingerprint density at radius 1 is 1.62 bits per heavy atom. The Hall–Kier alpha value is -0.570. The van der Waals surface area contributed by atoms with Crippen molar-refractivity contribution in [1.82, 2.24) is 0 Å². The van der Waals surface area contributed by atoms with E-state index in [1.54, 1.807) is 0 Å². The van der Waals surface area contributed by atoms with Crippen LogP contribution in [0.5, 0.6) is 0 Å². The largest absolute Gasteiger partial charge is 0.550 e. The predicted octanol–water partition coefficient (Wildman–Crippen LogP) is -2.04. The molecule has 0 aromatic heterocycles. The number of aliphatic carboxylic acids is 1. The predicted molar refractivity (Wildman–Crippen MR) is 29.1 cm³/mol. The topological polar surface area (TPSA) is 56.7 Å². The van der Waals surface area contributed by atoms with E-state index in [9.17, 15) is 9.90 Å². The minimum absolute atomic E-state index is 0.111. The van der Waals surface area contributed by atoms with Crippen LogP contribution in [-0.4, -0.2) is 20.1 Å². The molecule has 0 aliphatic rings. The van der Waals surface area contributed by atoms with Gasteiger partial charge in [-0.05, 0) is 6.42 Å². The van der Waals surface area contributed by atoms with E-state index in [1.165, 1.54) is 6.92 Å². The van der Waals surface area contributed by atoms with E-state index in [-0.39, 0.29) is 6.42 Å². The second-order valence-electron chi connectivity index (χ2n) is 1.30. The number of hydrogen-bond acceptors (Lipinski definition) is 2. The lowest BCUT2D eigenvalue weighted by Gasteiger charge is -1.87. The summed E-state index contributed by atoms with van der Waals surface area (Å²) in [5.41, 5.74) is 0. The Kier molecular flexibility index (Phi) is 12.6. The Balaban J connectivity index is 0. The van der Waals surface area contributed by atoms with E-state index in [4.69, 9.17) is 0 Å². The molecule has 0 saturated carbocycles. The average molecular weight is 119 g/mol. The van der Waals surface area contributed by atoms with Gasteiger partial charge in [-0.25, -0.2) is 0 Å². The standard InChI is InChI=1S/C3H6O2.C2H7N/c1-2-3(4)5;1-3-2/h2H2,1H3,(H,4,5);3H,1-2H3. The Labute approximate surface area is 49.7 Å². The Bertz CT molecular complexity index is 54.4. The van der Waals surface area contributed by atoms with Gasteiger partial charge in [-0.3, -0.25) is 0 Å². The van der Waals surface area contributed by atoms with Crippen LogP contribution in [0.2, 0.25) is 0 Å². The molecule has 0 fully saturated rings. The maximum Gasteiger partial charge on any atom is 0.0647 e. The van der Waals surface area contributed by atoms with E-state index >= 15 is 0 Å². The van der Waals surface area contributed by atoms with Crippen LogP contribution in [0.3, 0.4) is 0 Å². The number of carboxylic acid groups (broad SMARTS) is 1. The van der Waals surface area contributed by atoms with Crippen molar-refractivity contribution in [3.8, 4) is 0 Å². The smallest absolute Gasteiger partial charge is 0.0647 e. The third kappa shape index (κ3) is 52.1. The van der Waals surface area contributed by atoms with Gasteiger partial charge in [0, 0.05) is 5.97 Å². The first kappa shape index (κ1) is 10.4. The van der Waals surface area contributed by atoms with Gasteiger partial charge in [0.1, 0.15) is 0 Å². The molecule has 3 nitrogen and oxygen atoms in total. The van der Waals surface area contributed by atoms with Crippen molar-refractivity contribution in [2.24, 2.45) is 0 Å². The second kappa shape index (κ2) is 9.66. The van der Waals surface area contributed by atoms with Crippen molar-refractivity contribution in [2.45, 2.75) is 13.3 Å². The van der Waals surface area contributed by atoms with Crippen molar-refractivity contribution in [2.75, 3.05) is 14.1 Å². The molecule has 0 aliphatic carbocycles. The van der Waals surface area contributed by atoms with Crippen LogP contribution < -0.4 is 10.4 Å². The van der Waals surface area contributed by atoms with Gasteiger partial charge in [-0.15, -0.1) is 0 Å². The number of carbonyl (C=O) groups is 1. The number of rotatable bonds is 1. The Morgan fingerprint density at radius 2 is 1.75 bits per heavy atom. The van der Waals surface area contributed by atoms with E-state index in [0.717, 1.165) is 0 Å². The van der Waals surface area contributed by atoms with Crippen molar-refractivity contribution in [1.29, 1.82) is 0 Å². The van der Waals surface area contributed by atoms with Crippen LogP contribution in [0.1, 0.15) is 13.3 Å². The van der Waals surface area contributed by atoms with Gasteiger partial charge in [0.15, 0.2) is 0 Å². The molecule has 50 valence electrons. The van der Waals surface area contributed by atoms with E-state index < -0.39 is 5.97 Å². The van der Waals surface area contributed by atoms with Gasteiger partial charge in [-0.1, -0.05) is 6.92 Å². The fourth-order valence-corrected chi connectivity index (χ4v) is 0. The number of quaternary nitrogens is 1. The molecule has 3 heteroatoms. The number of carbonyl (C=O) groups excluding carboxylic acids is 1. The third-order valence-corrected chi connectivity index (χ3v) is 0.289. The highest BCUT2D eigenvalue weighted by Crippen LogP contribution is 1.61. The van der Waals surface area contributed by atoms with Gasteiger partial charge in [0.05, 0.1) is 14.1 Å². The molecular formula is C5H13NO2. The van der Waals surface area contributed by atoms with Crippen molar-refractivity contribution >= 4 is 5.97 Å². The molecule has 0 aromatic carbocycles. The van der Waals surface area contributed by atoms with E-state index in [1.807, 2.05) is 19.4 Å². The minimum Gasteiger partial charge on any atom is -0.550 e. The van der Waals surface area contributed by atoms with Crippen LogP contribution in [0, 0.1) is 0 Å². The van der Waals surface area contributed by atoms with Gasteiger partial charge < -0.3 is 15.2 Å². The zero-order chi connectivity index (χ0) is 6.99. The lowest BCUT2D eigenvalue weighted by molar-refractivity contribution is -0.597. The maximum absolute atomic E-state index is 9.26. The highest BCUT2D eigenvalue weighted by Gasteiger charge is 1.65. The van der Waals surface area contributed by atoms with Gasteiger partial charge in [0.25, 0.3) is 0 Å². The van der Waals surface area contributed by atoms with Gasteiger partial charge >= 0.3 is 0 Å². The molecule has 8 heavy (non-hydrogen) atoms. The number of nitrogens with two attached hydrogens (primary N) is 1. The van der Waals surface area contributed by atoms with Crippen LogP contribution in [0.15, 0.2) is 0 Å². The summed E-state index contributed by atoms with van der Waals surface area (Å²) in [6.07, 6.45) is 0.111. The molecule has 0 atom stereocenters. The van der Waals surface area contributed by atoms with Gasteiger partial charge in [0.2, 0.25) is 0 Å². The van der Waals surface area contributed by atoms with Crippen molar-refractivity contribution < 1.29 is 15.2 Å². The molecule has 0 spiro atoms. The summed E-state index contributed by atoms with van der Waals surface area (Å²) in [5.74, 6) is -0.995. The number of carboxylic acids is 1. The maximum atomic E-state index is 9.26. The van der Waals surface area contributed by atoms with Crippen LogP contribution in [0.25, 0.3) is 0 Å². The second-order valence-corrected chi connectivity index (χ2v) is 1.30. The first-order valence-electron chi connectivity index (χ1n) is 2.62. The molecule has 2 N–H and O–H groups in total.